The number of amides is 1. The predicted molar refractivity (Wildman–Crippen MR) is 112 cm³/mol. The summed E-state index contributed by atoms with van der Waals surface area (Å²) in [4.78, 5) is 31.7. The van der Waals surface area contributed by atoms with Gasteiger partial charge in [0.1, 0.15) is 24.2 Å². The van der Waals surface area contributed by atoms with Gasteiger partial charge in [-0.25, -0.2) is 14.8 Å². The molecule has 0 fully saturated rings. The number of rotatable bonds is 6. The second-order valence-electron chi connectivity index (χ2n) is 7.50. The minimum atomic E-state index is -0.597. The molecule has 0 saturated carbocycles. The van der Waals surface area contributed by atoms with Gasteiger partial charge in [-0.15, -0.1) is 0 Å². The fraction of sp³-hybridized carbons (Fsp3) is 0.286. The Balaban J connectivity index is 1.70. The molecule has 2 heterocycles. The van der Waals surface area contributed by atoms with E-state index in [-0.39, 0.29) is 6.54 Å². The molecule has 1 N–H and O–H groups in total. The molecule has 31 heavy (non-hydrogen) atoms. The Bertz CT molecular complexity index is 1070. The minimum absolute atomic E-state index is 0.00236. The average molecular weight is 425 g/mol. The second-order valence-corrected chi connectivity index (χ2v) is 7.50. The van der Waals surface area contributed by atoms with Crippen molar-refractivity contribution in [2.75, 3.05) is 12.4 Å². The number of nitrogens with one attached hydrogen (secondary N) is 1. The molecule has 1 aromatic carbocycles. The molecule has 0 spiro atoms. The number of ether oxygens (including phenoxy) is 3. The van der Waals surface area contributed by atoms with Gasteiger partial charge in [-0.05, 0) is 32.9 Å². The van der Waals surface area contributed by atoms with Crippen molar-refractivity contribution in [1.82, 2.24) is 19.7 Å². The van der Waals surface area contributed by atoms with Gasteiger partial charge >= 0.3 is 12.1 Å². The Morgan fingerprint density at radius 3 is 2.71 bits per heavy atom. The molecule has 162 valence electrons. The average Bonchev–Trinajstić information content (AvgIpc) is 3.15. The molecule has 2 aromatic heterocycles. The summed E-state index contributed by atoms with van der Waals surface area (Å²) in [6, 6.07) is 8.49. The van der Waals surface area contributed by atoms with Crippen LogP contribution < -0.4 is 10.1 Å². The summed E-state index contributed by atoms with van der Waals surface area (Å²) in [7, 11) is 1.32. The molecule has 0 aliphatic heterocycles. The third-order valence-electron chi connectivity index (χ3n) is 3.79. The molecule has 3 rings (SSSR count). The maximum Gasteiger partial charge on any atom is 0.412 e. The predicted octanol–water partition coefficient (Wildman–Crippen LogP) is 3.65. The zero-order chi connectivity index (χ0) is 22.4. The Morgan fingerprint density at radius 2 is 1.97 bits per heavy atom. The van der Waals surface area contributed by atoms with Crippen LogP contribution in [0.15, 0.2) is 49.1 Å². The highest BCUT2D eigenvalue weighted by Gasteiger charge is 2.16. The molecule has 0 atom stereocenters. The van der Waals surface area contributed by atoms with E-state index in [9.17, 15) is 9.59 Å². The van der Waals surface area contributed by atoms with Crippen LogP contribution in [0.3, 0.4) is 0 Å². The summed E-state index contributed by atoms with van der Waals surface area (Å²) in [6.07, 6.45) is 4.07. The lowest BCUT2D eigenvalue weighted by Crippen LogP contribution is -2.27. The van der Waals surface area contributed by atoms with Gasteiger partial charge in [0, 0.05) is 29.6 Å². The van der Waals surface area contributed by atoms with E-state index >= 15 is 0 Å². The van der Waals surface area contributed by atoms with Crippen molar-refractivity contribution in [3.8, 4) is 22.9 Å². The van der Waals surface area contributed by atoms with Crippen molar-refractivity contribution in [3.63, 3.8) is 0 Å². The number of nitrogens with zero attached hydrogens (tertiary/aromatic N) is 4. The molecule has 0 aliphatic carbocycles. The molecule has 10 heteroatoms. The van der Waals surface area contributed by atoms with E-state index in [0.717, 1.165) is 0 Å². The molecule has 10 nitrogen and oxygen atoms in total. The highest BCUT2D eigenvalue weighted by Crippen LogP contribution is 2.26. The number of carbonyl (C=O) groups is 2. The van der Waals surface area contributed by atoms with E-state index in [2.05, 4.69) is 25.1 Å². The van der Waals surface area contributed by atoms with Gasteiger partial charge in [0.25, 0.3) is 0 Å². The quantitative estimate of drug-likeness (QED) is 0.595. The number of hydrogen-bond acceptors (Lipinski definition) is 8. The van der Waals surface area contributed by atoms with E-state index in [1.165, 1.54) is 18.1 Å². The molecule has 0 bridgehead atoms. The van der Waals surface area contributed by atoms with Crippen LogP contribution in [-0.2, 0) is 20.8 Å². The molecule has 0 aliphatic rings. The number of benzene rings is 1. The van der Waals surface area contributed by atoms with Gasteiger partial charge < -0.3 is 14.2 Å². The van der Waals surface area contributed by atoms with Crippen LogP contribution in [0.4, 0.5) is 10.5 Å². The fourth-order valence-corrected chi connectivity index (χ4v) is 2.51. The first-order chi connectivity index (χ1) is 14.7. The molecule has 0 saturated heterocycles. The maximum absolute atomic E-state index is 12.0. The lowest BCUT2D eigenvalue weighted by molar-refractivity contribution is -0.141. The van der Waals surface area contributed by atoms with Gasteiger partial charge in [0.05, 0.1) is 19.0 Å². The molecule has 0 unspecified atom stereocenters. The van der Waals surface area contributed by atoms with E-state index < -0.39 is 17.7 Å². The van der Waals surface area contributed by atoms with Crippen LogP contribution in [0, 0.1) is 0 Å². The van der Waals surface area contributed by atoms with Crippen molar-refractivity contribution in [2.45, 2.75) is 32.9 Å². The number of carbonyl (C=O) groups excluding carboxylic acids is 2. The first-order valence-electron chi connectivity index (χ1n) is 9.41. The zero-order valence-corrected chi connectivity index (χ0v) is 17.7. The van der Waals surface area contributed by atoms with Gasteiger partial charge in [0.15, 0.2) is 0 Å². The summed E-state index contributed by atoms with van der Waals surface area (Å²) >= 11 is 0. The van der Waals surface area contributed by atoms with Crippen molar-refractivity contribution in [2.24, 2.45) is 0 Å². The summed E-state index contributed by atoms with van der Waals surface area (Å²) in [5.41, 5.74) is 1.19. The second kappa shape index (κ2) is 9.24. The summed E-state index contributed by atoms with van der Waals surface area (Å²) in [5.74, 6) is 0.376. The number of anilines is 1. The Kier molecular flexibility index (Phi) is 6.49. The molecular weight excluding hydrogens is 402 g/mol. The molecular formula is C21H23N5O5. The number of esters is 1. The number of aromatic nitrogens is 4. The van der Waals surface area contributed by atoms with E-state index in [1.807, 2.05) is 0 Å². The Hall–Kier alpha value is -3.95. The summed E-state index contributed by atoms with van der Waals surface area (Å²) in [5, 5.41) is 6.78. The van der Waals surface area contributed by atoms with Crippen LogP contribution in [-0.4, -0.2) is 44.5 Å². The number of hydrogen-bond donors (Lipinski definition) is 1. The van der Waals surface area contributed by atoms with Gasteiger partial charge in [0.2, 0.25) is 5.88 Å². The molecule has 3 aromatic rings. The third kappa shape index (κ3) is 6.53. The lowest BCUT2D eigenvalue weighted by atomic mass is 10.2. The first-order valence-corrected chi connectivity index (χ1v) is 9.41. The van der Waals surface area contributed by atoms with Crippen molar-refractivity contribution < 1.29 is 23.8 Å². The fourth-order valence-electron chi connectivity index (χ4n) is 2.51. The maximum atomic E-state index is 12.0. The Labute approximate surface area is 179 Å². The lowest BCUT2D eigenvalue weighted by Gasteiger charge is -2.19. The van der Waals surface area contributed by atoms with E-state index in [4.69, 9.17) is 9.47 Å². The topological polar surface area (TPSA) is 117 Å². The van der Waals surface area contributed by atoms with E-state index in [1.54, 1.807) is 63.5 Å². The van der Waals surface area contributed by atoms with Gasteiger partial charge in [-0.1, -0.05) is 6.07 Å². The van der Waals surface area contributed by atoms with E-state index in [0.29, 0.717) is 28.6 Å². The SMILES string of the molecule is COC(=O)Cn1cc(-c2cc(Oc3cccc(NC(=O)OC(C)(C)C)c3)ncn2)cn1. The standard InChI is InChI=1S/C21H23N5O5/c1-21(2,3)31-20(28)25-15-6-5-7-16(8-15)30-18-9-17(22-13-23-18)14-10-24-26(11-14)12-19(27)29-4/h5-11,13H,12H2,1-4H3,(H,25,28). The van der Waals surface area contributed by atoms with Crippen molar-refractivity contribution in [1.29, 1.82) is 0 Å². The van der Waals surface area contributed by atoms with Crippen molar-refractivity contribution >= 4 is 17.7 Å². The van der Waals surface area contributed by atoms with Crippen LogP contribution in [0.2, 0.25) is 0 Å². The summed E-state index contributed by atoms with van der Waals surface area (Å²) in [6.45, 7) is 5.37. The number of methoxy groups -OCH3 is 1. The minimum Gasteiger partial charge on any atom is -0.468 e. The molecule has 0 radical (unpaired) electrons. The molecule has 1 amide bonds. The van der Waals surface area contributed by atoms with Crippen LogP contribution in [0.5, 0.6) is 11.6 Å². The highest BCUT2D eigenvalue weighted by molar-refractivity contribution is 5.85. The summed E-state index contributed by atoms with van der Waals surface area (Å²) < 4.78 is 17.1. The largest absolute Gasteiger partial charge is 0.468 e. The smallest absolute Gasteiger partial charge is 0.412 e. The van der Waals surface area contributed by atoms with Crippen molar-refractivity contribution in [3.05, 3.63) is 49.1 Å². The van der Waals surface area contributed by atoms with Gasteiger partial charge in [-0.3, -0.25) is 14.8 Å². The van der Waals surface area contributed by atoms with Crippen LogP contribution in [0.25, 0.3) is 11.3 Å². The first kappa shape index (κ1) is 21.8. The zero-order valence-electron chi connectivity index (χ0n) is 17.7. The van der Waals surface area contributed by atoms with Crippen LogP contribution in [0.1, 0.15) is 20.8 Å². The monoisotopic (exact) mass is 425 g/mol. The Morgan fingerprint density at radius 1 is 1.16 bits per heavy atom. The highest BCUT2D eigenvalue weighted by atomic mass is 16.6. The van der Waals surface area contributed by atoms with Gasteiger partial charge in [-0.2, -0.15) is 5.10 Å². The van der Waals surface area contributed by atoms with Crippen LogP contribution >= 0.6 is 0 Å². The normalized spacial score (nSPS) is 11.0. The third-order valence-corrected chi connectivity index (χ3v) is 3.79.